The highest BCUT2D eigenvalue weighted by molar-refractivity contribution is 5.94. The summed E-state index contributed by atoms with van der Waals surface area (Å²) in [6.45, 7) is 7.29. The molecule has 1 saturated heterocycles. The topological polar surface area (TPSA) is 58.8 Å². The zero-order valence-corrected chi connectivity index (χ0v) is 16.8. The fraction of sp³-hybridized carbons (Fsp3) is 0.304. The van der Waals surface area contributed by atoms with Crippen molar-refractivity contribution in [2.75, 3.05) is 31.1 Å². The molecule has 0 unspecified atom stereocenters. The van der Waals surface area contributed by atoms with Crippen molar-refractivity contribution in [3.05, 3.63) is 77.2 Å². The normalized spacial score (nSPS) is 14.1. The van der Waals surface area contributed by atoms with E-state index in [0.29, 0.717) is 12.2 Å². The quantitative estimate of drug-likeness (QED) is 0.662. The molecule has 4 rings (SSSR count). The number of aryl methyl sites for hydroxylation is 2. The van der Waals surface area contributed by atoms with Gasteiger partial charge in [-0.25, -0.2) is 0 Å². The lowest BCUT2D eigenvalue weighted by Gasteiger charge is -2.36. The Balaban J connectivity index is 1.33. The number of ether oxygens (including phenoxy) is 1. The summed E-state index contributed by atoms with van der Waals surface area (Å²) in [5, 5.41) is 3.93. The minimum atomic E-state index is 0.0648. The Labute approximate surface area is 170 Å². The van der Waals surface area contributed by atoms with E-state index in [1.54, 1.807) is 0 Å². The molecule has 1 aromatic heterocycles. The standard InChI is InChI=1S/C23H25N3O3/c1-17-22(18(2)29-24-17)16-28-21-10-8-19(9-11-21)23(27)26-14-12-25(13-15-26)20-6-4-3-5-7-20/h3-11H,12-16H2,1-2H3. The van der Waals surface area contributed by atoms with Crippen LogP contribution in [0, 0.1) is 13.8 Å². The number of piperazine rings is 1. The van der Waals surface area contributed by atoms with E-state index in [0.717, 1.165) is 48.9 Å². The number of benzene rings is 2. The van der Waals surface area contributed by atoms with Gasteiger partial charge in [-0.1, -0.05) is 23.4 Å². The Kier molecular flexibility index (Phi) is 5.51. The van der Waals surface area contributed by atoms with Crippen molar-refractivity contribution in [1.82, 2.24) is 10.1 Å². The number of anilines is 1. The van der Waals surface area contributed by atoms with Crippen LogP contribution in [0.1, 0.15) is 27.4 Å². The fourth-order valence-corrected chi connectivity index (χ4v) is 3.55. The van der Waals surface area contributed by atoms with Gasteiger partial charge in [-0.05, 0) is 50.2 Å². The second-order valence-electron chi connectivity index (χ2n) is 7.23. The molecule has 1 amide bonds. The molecular formula is C23H25N3O3. The molecule has 0 atom stereocenters. The molecule has 2 aromatic carbocycles. The summed E-state index contributed by atoms with van der Waals surface area (Å²) >= 11 is 0. The summed E-state index contributed by atoms with van der Waals surface area (Å²) in [6, 6.07) is 17.7. The third-order valence-electron chi connectivity index (χ3n) is 5.35. The van der Waals surface area contributed by atoms with Crippen LogP contribution in [-0.4, -0.2) is 42.1 Å². The Hall–Kier alpha value is -3.28. The van der Waals surface area contributed by atoms with Crippen molar-refractivity contribution in [3.8, 4) is 5.75 Å². The van der Waals surface area contributed by atoms with E-state index in [-0.39, 0.29) is 5.91 Å². The highest BCUT2D eigenvalue weighted by Gasteiger charge is 2.22. The van der Waals surface area contributed by atoms with Gasteiger partial charge in [0.25, 0.3) is 5.91 Å². The molecule has 0 aliphatic carbocycles. The predicted octanol–water partition coefficient (Wildman–Crippen LogP) is 3.83. The van der Waals surface area contributed by atoms with Crippen LogP contribution in [0.5, 0.6) is 5.75 Å². The first-order valence-corrected chi connectivity index (χ1v) is 9.85. The van der Waals surface area contributed by atoms with Crippen LogP contribution >= 0.6 is 0 Å². The molecule has 0 spiro atoms. The monoisotopic (exact) mass is 391 g/mol. The summed E-state index contributed by atoms with van der Waals surface area (Å²) in [5.74, 6) is 1.55. The second kappa shape index (κ2) is 8.39. The van der Waals surface area contributed by atoms with Crippen LogP contribution in [0.3, 0.4) is 0 Å². The van der Waals surface area contributed by atoms with E-state index < -0.39 is 0 Å². The average Bonchev–Trinajstić information content (AvgIpc) is 3.10. The number of hydrogen-bond donors (Lipinski definition) is 0. The summed E-state index contributed by atoms with van der Waals surface area (Å²) in [4.78, 5) is 17.1. The van der Waals surface area contributed by atoms with E-state index in [9.17, 15) is 4.79 Å². The molecule has 2 heterocycles. The summed E-state index contributed by atoms with van der Waals surface area (Å²) in [7, 11) is 0. The minimum absolute atomic E-state index is 0.0648. The molecule has 6 heteroatoms. The van der Waals surface area contributed by atoms with Crippen LogP contribution in [-0.2, 0) is 6.61 Å². The first kappa shape index (κ1) is 19.1. The molecular weight excluding hydrogens is 366 g/mol. The van der Waals surface area contributed by atoms with E-state index in [1.807, 2.05) is 61.2 Å². The Morgan fingerprint density at radius 2 is 1.69 bits per heavy atom. The SMILES string of the molecule is Cc1noc(C)c1COc1ccc(C(=O)N2CCN(c3ccccc3)CC2)cc1. The van der Waals surface area contributed by atoms with Gasteiger partial charge in [0.15, 0.2) is 0 Å². The highest BCUT2D eigenvalue weighted by Crippen LogP contribution is 2.20. The largest absolute Gasteiger partial charge is 0.489 e. The van der Waals surface area contributed by atoms with Crippen molar-refractivity contribution in [3.63, 3.8) is 0 Å². The van der Waals surface area contributed by atoms with Gasteiger partial charge in [0.1, 0.15) is 18.1 Å². The second-order valence-corrected chi connectivity index (χ2v) is 7.23. The van der Waals surface area contributed by atoms with Crippen LogP contribution in [0.25, 0.3) is 0 Å². The molecule has 1 aliphatic heterocycles. The summed E-state index contributed by atoms with van der Waals surface area (Å²) in [6.07, 6.45) is 0. The Morgan fingerprint density at radius 3 is 2.31 bits per heavy atom. The molecule has 0 saturated carbocycles. The van der Waals surface area contributed by atoms with E-state index in [2.05, 4.69) is 22.2 Å². The van der Waals surface area contributed by atoms with Gasteiger partial charge < -0.3 is 19.1 Å². The number of para-hydroxylation sites is 1. The molecule has 0 radical (unpaired) electrons. The van der Waals surface area contributed by atoms with Gasteiger partial charge in [-0.15, -0.1) is 0 Å². The third-order valence-corrected chi connectivity index (χ3v) is 5.35. The smallest absolute Gasteiger partial charge is 0.253 e. The Bertz CT molecular complexity index is 939. The Morgan fingerprint density at radius 1 is 1.00 bits per heavy atom. The average molecular weight is 391 g/mol. The van der Waals surface area contributed by atoms with Crippen LogP contribution in [0.4, 0.5) is 5.69 Å². The molecule has 29 heavy (non-hydrogen) atoms. The summed E-state index contributed by atoms with van der Waals surface area (Å²) < 4.78 is 11.0. The molecule has 150 valence electrons. The zero-order valence-electron chi connectivity index (χ0n) is 16.8. The molecule has 0 N–H and O–H groups in total. The van der Waals surface area contributed by atoms with Crippen LogP contribution < -0.4 is 9.64 Å². The van der Waals surface area contributed by atoms with Gasteiger partial charge in [-0.3, -0.25) is 4.79 Å². The first-order valence-electron chi connectivity index (χ1n) is 9.85. The lowest BCUT2D eigenvalue weighted by molar-refractivity contribution is 0.0746. The predicted molar refractivity (Wildman–Crippen MR) is 111 cm³/mol. The van der Waals surface area contributed by atoms with Gasteiger partial charge >= 0.3 is 0 Å². The van der Waals surface area contributed by atoms with E-state index in [1.165, 1.54) is 5.69 Å². The van der Waals surface area contributed by atoms with Crippen molar-refractivity contribution in [2.24, 2.45) is 0 Å². The number of carbonyl (C=O) groups excluding carboxylic acids is 1. The van der Waals surface area contributed by atoms with Crippen LogP contribution in [0.15, 0.2) is 59.1 Å². The van der Waals surface area contributed by atoms with Crippen molar-refractivity contribution < 1.29 is 14.1 Å². The lowest BCUT2D eigenvalue weighted by Crippen LogP contribution is -2.48. The maximum Gasteiger partial charge on any atom is 0.253 e. The lowest BCUT2D eigenvalue weighted by atomic mass is 10.1. The molecule has 3 aromatic rings. The third kappa shape index (κ3) is 4.26. The van der Waals surface area contributed by atoms with Gasteiger partial charge in [0, 0.05) is 37.4 Å². The van der Waals surface area contributed by atoms with Crippen molar-refractivity contribution >= 4 is 11.6 Å². The highest BCUT2D eigenvalue weighted by atomic mass is 16.5. The maximum atomic E-state index is 12.8. The van der Waals surface area contributed by atoms with E-state index in [4.69, 9.17) is 9.26 Å². The number of amides is 1. The minimum Gasteiger partial charge on any atom is -0.489 e. The van der Waals surface area contributed by atoms with Crippen molar-refractivity contribution in [2.45, 2.75) is 20.5 Å². The van der Waals surface area contributed by atoms with E-state index >= 15 is 0 Å². The van der Waals surface area contributed by atoms with Gasteiger partial charge in [0.2, 0.25) is 0 Å². The first-order chi connectivity index (χ1) is 14.1. The maximum absolute atomic E-state index is 12.8. The number of hydrogen-bond acceptors (Lipinski definition) is 5. The molecule has 0 bridgehead atoms. The van der Waals surface area contributed by atoms with Gasteiger partial charge in [-0.2, -0.15) is 0 Å². The summed E-state index contributed by atoms with van der Waals surface area (Å²) in [5.41, 5.74) is 3.69. The zero-order chi connectivity index (χ0) is 20.2. The van der Waals surface area contributed by atoms with Crippen LogP contribution in [0.2, 0.25) is 0 Å². The number of rotatable bonds is 5. The molecule has 1 fully saturated rings. The molecule has 6 nitrogen and oxygen atoms in total. The number of carbonyl (C=O) groups is 1. The van der Waals surface area contributed by atoms with Gasteiger partial charge in [0.05, 0.1) is 11.3 Å². The fourth-order valence-electron chi connectivity index (χ4n) is 3.55. The molecule has 1 aliphatic rings. The number of aromatic nitrogens is 1. The van der Waals surface area contributed by atoms with Crippen molar-refractivity contribution in [1.29, 1.82) is 0 Å². The number of nitrogens with zero attached hydrogens (tertiary/aromatic N) is 3.